The fourth-order valence-corrected chi connectivity index (χ4v) is 4.12. The molecule has 0 radical (unpaired) electrons. The number of carbonyl (C=O) groups excluding carboxylic acids is 1. The van der Waals surface area contributed by atoms with Crippen LogP contribution in [0.1, 0.15) is 36.3 Å². The molecular formula is C20H23F3N4O3. The van der Waals surface area contributed by atoms with E-state index >= 15 is 0 Å². The Morgan fingerprint density at radius 2 is 1.73 bits per heavy atom. The van der Waals surface area contributed by atoms with Crippen LogP contribution in [0.5, 0.6) is 0 Å². The highest BCUT2D eigenvalue weighted by molar-refractivity contribution is 5.75. The zero-order chi connectivity index (χ0) is 21.9. The second kappa shape index (κ2) is 8.81. The summed E-state index contributed by atoms with van der Waals surface area (Å²) < 4.78 is 38.5. The monoisotopic (exact) mass is 424 g/mol. The lowest BCUT2D eigenvalue weighted by Gasteiger charge is -2.41. The van der Waals surface area contributed by atoms with E-state index in [0.29, 0.717) is 44.5 Å². The number of hydrogen-bond donors (Lipinski definition) is 2. The minimum absolute atomic E-state index is 0.0725. The Morgan fingerprint density at radius 3 is 2.27 bits per heavy atom. The lowest BCUT2D eigenvalue weighted by Crippen LogP contribution is -2.55. The van der Waals surface area contributed by atoms with Crippen molar-refractivity contribution in [3.63, 3.8) is 0 Å². The summed E-state index contributed by atoms with van der Waals surface area (Å²) in [5, 5.41) is 20.5. The maximum atomic E-state index is 13.0. The first kappa shape index (κ1) is 21.7. The topological polar surface area (TPSA) is 96.7 Å². The van der Waals surface area contributed by atoms with Gasteiger partial charge in [-0.1, -0.05) is 12.1 Å². The van der Waals surface area contributed by atoms with E-state index in [0.717, 1.165) is 12.1 Å². The summed E-state index contributed by atoms with van der Waals surface area (Å²) in [5.74, 6) is -0.366. The van der Waals surface area contributed by atoms with Crippen molar-refractivity contribution in [3.8, 4) is 6.07 Å². The minimum atomic E-state index is -4.43. The van der Waals surface area contributed by atoms with E-state index in [1.54, 1.807) is 9.80 Å². The summed E-state index contributed by atoms with van der Waals surface area (Å²) in [7, 11) is 0. The van der Waals surface area contributed by atoms with Gasteiger partial charge in [-0.15, -0.1) is 0 Å². The van der Waals surface area contributed by atoms with Gasteiger partial charge in [0.2, 0.25) is 0 Å². The lowest BCUT2D eigenvalue weighted by atomic mass is 9.87. The van der Waals surface area contributed by atoms with Crippen LogP contribution >= 0.6 is 0 Å². The first-order chi connectivity index (χ1) is 14.2. The van der Waals surface area contributed by atoms with E-state index in [-0.39, 0.29) is 24.4 Å². The molecule has 0 saturated carbocycles. The highest BCUT2D eigenvalue weighted by atomic mass is 19.4. The van der Waals surface area contributed by atoms with Gasteiger partial charge in [-0.2, -0.15) is 18.4 Å². The van der Waals surface area contributed by atoms with Crippen molar-refractivity contribution in [1.29, 1.82) is 5.26 Å². The van der Waals surface area contributed by atoms with Gasteiger partial charge in [0, 0.05) is 38.0 Å². The highest BCUT2D eigenvalue weighted by Crippen LogP contribution is 2.33. The van der Waals surface area contributed by atoms with Gasteiger partial charge in [0.05, 0.1) is 17.7 Å². The molecule has 3 rings (SSSR count). The fourth-order valence-electron chi connectivity index (χ4n) is 4.12. The van der Waals surface area contributed by atoms with E-state index in [1.165, 1.54) is 12.1 Å². The van der Waals surface area contributed by atoms with E-state index in [9.17, 15) is 22.8 Å². The summed E-state index contributed by atoms with van der Waals surface area (Å²) in [6.07, 6.45) is -4.08. The van der Waals surface area contributed by atoms with Crippen LogP contribution in [0.3, 0.4) is 0 Å². The molecule has 10 heteroatoms. The third kappa shape index (κ3) is 5.14. The Hall–Kier alpha value is -2.96. The largest absolute Gasteiger partial charge is 0.465 e. The normalized spacial score (nSPS) is 23.0. The second-order valence-electron chi connectivity index (χ2n) is 7.78. The molecule has 2 aliphatic heterocycles. The average molecular weight is 424 g/mol. The predicted octanol–water partition coefficient (Wildman–Crippen LogP) is 3.49. The van der Waals surface area contributed by atoms with Gasteiger partial charge in [-0.3, -0.25) is 0 Å². The molecule has 2 aliphatic rings. The number of nitrogens with zero attached hydrogens (tertiary/aromatic N) is 3. The third-order valence-corrected chi connectivity index (χ3v) is 5.71. The number of nitrogens with one attached hydrogen (secondary N) is 1. The van der Waals surface area contributed by atoms with Crippen LogP contribution in [-0.4, -0.2) is 59.3 Å². The standard InChI is InChI=1S/C20H23F3N4O3/c21-20(22,23)16-3-1-14(2-4-16)15-9-17(25-18(28)29)12-27(11-15)19(30)26-7-5-13(10-24)6-8-26/h1-4,13,15,17,25H,5-9,11-12H2,(H,28,29). The maximum Gasteiger partial charge on any atom is 0.416 e. The smallest absolute Gasteiger partial charge is 0.416 e. The van der Waals surface area contributed by atoms with Crippen molar-refractivity contribution in [3.05, 3.63) is 35.4 Å². The van der Waals surface area contributed by atoms with Gasteiger partial charge in [0.15, 0.2) is 0 Å². The number of rotatable bonds is 2. The summed E-state index contributed by atoms with van der Waals surface area (Å²) >= 11 is 0. The molecule has 2 unspecified atom stereocenters. The minimum Gasteiger partial charge on any atom is -0.465 e. The number of piperidine rings is 2. The molecule has 0 aromatic heterocycles. The number of amides is 3. The number of carboxylic acid groups (broad SMARTS) is 1. The molecule has 30 heavy (non-hydrogen) atoms. The fraction of sp³-hybridized carbons (Fsp3) is 0.550. The first-order valence-corrected chi connectivity index (χ1v) is 9.77. The van der Waals surface area contributed by atoms with Crippen molar-refractivity contribution < 1.29 is 27.9 Å². The number of urea groups is 1. The SMILES string of the molecule is N#CC1CCN(C(=O)N2CC(NC(=O)O)CC(c3ccc(C(F)(F)F)cc3)C2)CC1. The summed E-state index contributed by atoms with van der Waals surface area (Å²) in [4.78, 5) is 27.3. The Bertz CT molecular complexity index is 814. The quantitative estimate of drug-likeness (QED) is 0.760. The van der Waals surface area contributed by atoms with Gasteiger partial charge < -0.3 is 20.2 Å². The number of likely N-dealkylation sites (tertiary alicyclic amines) is 2. The number of benzene rings is 1. The molecule has 0 aliphatic carbocycles. The van der Waals surface area contributed by atoms with E-state index in [4.69, 9.17) is 10.4 Å². The summed E-state index contributed by atoms with van der Waals surface area (Å²) in [6.45, 7) is 1.39. The Morgan fingerprint density at radius 1 is 1.10 bits per heavy atom. The lowest BCUT2D eigenvalue weighted by molar-refractivity contribution is -0.137. The molecule has 0 bridgehead atoms. The molecule has 2 fully saturated rings. The molecule has 162 valence electrons. The van der Waals surface area contributed by atoms with Gasteiger partial charge in [-0.05, 0) is 37.0 Å². The number of hydrogen-bond acceptors (Lipinski definition) is 3. The van der Waals surface area contributed by atoms with Crippen LogP contribution < -0.4 is 5.32 Å². The van der Waals surface area contributed by atoms with Gasteiger partial charge >= 0.3 is 18.3 Å². The van der Waals surface area contributed by atoms with Gasteiger partial charge in [0.1, 0.15) is 0 Å². The van der Waals surface area contributed by atoms with E-state index < -0.39 is 23.9 Å². The Balaban J connectivity index is 1.75. The average Bonchev–Trinajstić information content (AvgIpc) is 2.72. The van der Waals surface area contributed by atoms with E-state index in [2.05, 4.69) is 11.4 Å². The highest BCUT2D eigenvalue weighted by Gasteiger charge is 2.35. The van der Waals surface area contributed by atoms with Crippen LogP contribution in [0.25, 0.3) is 0 Å². The van der Waals surface area contributed by atoms with Crippen LogP contribution in [0.4, 0.5) is 22.8 Å². The number of nitriles is 1. The number of carbonyl (C=O) groups is 2. The summed E-state index contributed by atoms with van der Waals surface area (Å²) in [5.41, 5.74) is -0.128. The second-order valence-corrected chi connectivity index (χ2v) is 7.78. The first-order valence-electron chi connectivity index (χ1n) is 9.77. The summed E-state index contributed by atoms with van der Waals surface area (Å²) in [6, 6.07) is 6.23. The van der Waals surface area contributed by atoms with E-state index in [1.807, 2.05) is 0 Å². The molecule has 0 spiro atoms. The molecule has 3 amide bonds. The molecule has 7 nitrogen and oxygen atoms in total. The van der Waals surface area contributed by atoms with Crippen LogP contribution in [0, 0.1) is 17.2 Å². The molecular weight excluding hydrogens is 401 g/mol. The zero-order valence-corrected chi connectivity index (χ0v) is 16.2. The molecule has 2 saturated heterocycles. The van der Waals surface area contributed by atoms with Crippen molar-refractivity contribution >= 4 is 12.1 Å². The molecule has 1 aromatic rings. The van der Waals surface area contributed by atoms with Crippen molar-refractivity contribution in [1.82, 2.24) is 15.1 Å². The zero-order valence-electron chi connectivity index (χ0n) is 16.2. The van der Waals surface area contributed by atoms with Crippen molar-refractivity contribution in [2.45, 2.75) is 37.4 Å². The maximum absolute atomic E-state index is 13.0. The predicted molar refractivity (Wildman–Crippen MR) is 101 cm³/mol. The Labute approximate surface area is 172 Å². The van der Waals surface area contributed by atoms with Gasteiger partial charge in [-0.25, -0.2) is 9.59 Å². The van der Waals surface area contributed by atoms with Crippen molar-refractivity contribution in [2.75, 3.05) is 26.2 Å². The van der Waals surface area contributed by atoms with Gasteiger partial charge in [0.25, 0.3) is 0 Å². The number of halogens is 3. The van der Waals surface area contributed by atoms with Crippen LogP contribution in [0.15, 0.2) is 24.3 Å². The molecule has 2 heterocycles. The molecule has 1 aromatic carbocycles. The van der Waals surface area contributed by atoms with Crippen LogP contribution in [-0.2, 0) is 6.18 Å². The Kier molecular flexibility index (Phi) is 6.39. The van der Waals surface area contributed by atoms with Crippen LogP contribution in [0.2, 0.25) is 0 Å². The number of alkyl halides is 3. The van der Waals surface area contributed by atoms with Crippen molar-refractivity contribution in [2.24, 2.45) is 5.92 Å². The molecule has 2 atom stereocenters. The third-order valence-electron chi connectivity index (χ3n) is 5.71. The molecule has 2 N–H and O–H groups in total.